The van der Waals surface area contributed by atoms with Gasteiger partial charge >= 0.3 is 6.18 Å². The number of nitrogens with one attached hydrogen (secondary N) is 1. The Morgan fingerprint density at radius 1 is 1.19 bits per heavy atom. The van der Waals surface area contributed by atoms with Crippen LogP contribution in [0.1, 0.15) is 30.0 Å². The minimum absolute atomic E-state index is 0.207. The van der Waals surface area contributed by atoms with E-state index >= 15 is 0 Å². The lowest BCUT2D eigenvalue weighted by molar-refractivity contribution is -0.139. The third-order valence-corrected chi connectivity index (χ3v) is 5.58. The van der Waals surface area contributed by atoms with E-state index in [1.807, 2.05) is 0 Å². The second kappa shape index (κ2) is 5.54. The van der Waals surface area contributed by atoms with Crippen molar-refractivity contribution in [3.63, 3.8) is 0 Å². The summed E-state index contributed by atoms with van der Waals surface area (Å²) in [5.41, 5.74) is 0.872. The number of halogens is 3. The Hall–Kier alpha value is -2.42. The van der Waals surface area contributed by atoms with Gasteiger partial charge in [0.05, 0.1) is 27.4 Å². The van der Waals surface area contributed by atoms with Crippen molar-refractivity contribution in [1.29, 1.82) is 0 Å². The van der Waals surface area contributed by atoms with Gasteiger partial charge in [-0.05, 0) is 31.0 Å². The Labute approximate surface area is 147 Å². The number of alkyl halides is 3. The van der Waals surface area contributed by atoms with Crippen LogP contribution in [-0.4, -0.2) is 29.9 Å². The Bertz CT molecular complexity index is 1120. The first-order valence-electron chi connectivity index (χ1n) is 7.91. The van der Waals surface area contributed by atoms with Crippen LogP contribution in [0.4, 0.5) is 13.2 Å². The summed E-state index contributed by atoms with van der Waals surface area (Å²) in [5.74, 6) is 0.282. The molecule has 1 saturated carbocycles. The van der Waals surface area contributed by atoms with Crippen LogP contribution in [0.3, 0.4) is 0 Å². The maximum absolute atomic E-state index is 13.4. The number of H-pyrrole nitrogens is 1. The van der Waals surface area contributed by atoms with Gasteiger partial charge in [0, 0.05) is 29.3 Å². The first-order chi connectivity index (χ1) is 12.2. The molecule has 0 saturated heterocycles. The zero-order valence-electron chi connectivity index (χ0n) is 13.6. The molecule has 1 aliphatic rings. The molecule has 0 bridgehead atoms. The summed E-state index contributed by atoms with van der Waals surface area (Å²) >= 11 is 0. The molecule has 1 N–H and O–H groups in total. The number of nitrogens with zero attached hydrogens (tertiary/aromatic N) is 2. The van der Waals surface area contributed by atoms with E-state index in [2.05, 4.69) is 15.2 Å². The van der Waals surface area contributed by atoms with Crippen molar-refractivity contribution in [2.24, 2.45) is 0 Å². The van der Waals surface area contributed by atoms with Crippen molar-refractivity contribution >= 4 is 20.7 Å². The van der Waals surface area contributed by atoms with Gasteiger partial charge < -0.3 is 0 Å². The number of benzene rings is 1. The van der Waals surface area contributed by atoms with Crippen molar-refractivity contribution in [3.05, 3.63) is 41.7 Å². The first-order valence-corrected chi connectivity index (χ1v) is 9.80. The fraction of sp³-hybridized carbons (Fsp3) is 0.294. The molecule has 3 aromatic rings. The number of hydrogen-bond acceptors (Lipinski definition) is 4. The first kappa shape index (κ1) is 17.0. The highest BCUT2D eigenvalue weighted by Crippen LogP contribution is 2.44. The van der Waals surface area contributed by atoms with Crippen LogP contribution in [0.2, 0.25) is 0 Å². The highest BCUT2D eigenvalue weighted by atomic mass is 32.2. The van der Waals surface area contributed by atoms with Gasteiger partial charge in [-0.3, -0.25) is 10.1 Å². The summed E-state index contributed by atoms with van der Waals surface area (Å²) in [6.07, 6.45) is -0.579. The van der Waals surface area contributed by atoms with Gasteiger partial charge in [-0.25, -0.2) is 8.42 Å². The molecule has 0 unspecified atom stereocenters. The molecule has 0 atom stereocenters. The largest absolute Gasteiger partial charge is 0.417 e. The molecule has 4 rings (SSSR count). The lowest BCUT2D eigenvalue weighted by Gasteiger charge is -2.14. The number of aromatic amines is 1. The van der Waals surface area contributed by atoms with Gasteiger partial charge in [0.15, 0.2) is 9.84 Å². The summed E-state index contributed by atoms with van der Waals surface area (Å²) in [7, 11) is -4.02. The molecule has 1 aliphatic carbocycles. The molecular weight excluding hydrogens is 367 g/mol. The van der Waals surface area contributed by atoms with Crippen molar-refractivity contribution in [1.82, 2.24) is 15.2 Å². The fourth-order valence-corrected chi connectivity index (χ4v) is 3.97. The smallest absolute Gasteiger partial charge is 0.277 e. The minimum Gasteiger partial charge on any atom is -0.277 e. The number of sulfone groups is 1. The van der Waals surface area contributed by atoms with E-state index in [-0.39, 0.29) is 11.5 Å². The monoisotopic (exact) mass is 381 g/mol. The van der Waals surface area contributed by atoms with Crippen LogP contribution in [0.5, 0.6) is 0 Å². The maximum Gasteiger partial charge on any atom is 0.417 e. The van der Waals surface area contributed by atoms with E-state index < -0.39 is 26.5 Å². The third-order valence-electron chi connectivity index (χ3n) is 4.43. The van der Waals surface area contributed by atoms with E-state index in [1.54, 1.807) is 6.07 Å². The SMILES string of the molecule is CS(=O)(=O)c1ccc(-c2nccc3[nH]nc(C4CC4)c23)cc1C(F)(F)F. The van der Waals surface area contributed by atoms with Crippen molar-refractivity contribution in [2.75, 3.05) is 6.26 Å². The highest BCUT2D eigenvalue weighted by molar-refractivity contribution is 7.90. The minimum atomic E-state index is -4.79. The van der Waals surface area contributed by atoms with Crippen LogP contribution in [0.15, 0.2) is 35.4 Å². The molecule has 1 aromatic carbocycles. The number of aromatic nitrogens is 3. The average Bonchev–Trinajstić information content (AvgIpc) is 3.31. The Morgan fingerprint density at radius 2 is 1.92 bits per heavy atom. The van der Waals surface area contributed by atoms with Gasteiger partial charge in [-0.2, -0.15) is 18.3 Å². The van der Waals surface area contributed by atoms with Crippen molar-refractivity contribution in [2.45, 2.75) is 29.8 Å². The Balaban J connectivity index is 1.97. The number of hydrogen-bond donors (Lipinski definition) is 1. The van der Waals surface area contributed by atoms with Crippen LogP contribution in [-0.2, 0) is 16.0 Å². The molecule has 0 amide bonds. The van der Waals surface area contributed by atoms with Crippen LogP contribution < -0.4 is 0 Å². The third kappa shape index (κ3) is 2.86. The van der Waals surface area contributed by atoms with Crippen LogP contribution >= 0.6 is 0 Å². The quantitative estimate of drug-likeness (QED) is 0.746. The van der Waals surface area contributed by atoms with E-state index in [1.165, 1.54) is 12.3 Å². The molecule has 0 radical (unpaired) electrons. The summed E-state index contributed by atoms with van der Waals surface area (Å²) in [4.78, 5) is 3.52. The van der Waals surface area contributed by atoms with Crippen molar-refractivity contribution in [3.8, 4) is 11.3 Å². The number of rotatable bonds is 3. The zero-order chi connectivity index (χ0) is 18.7. The molecular formula is C17H14F3N3O2S. The van der Waals surface area contributed by atoms with Gasteiger partial charge in [0.25, 0.3) is 0 Å². The van der Waals surface area contributed by atoms with Gasteiger partial charge in [-0.15, -0.1) is 0 Å². The molecule has 5 nitrogen and oxygen atoms in total. The van der Waals surface area contributed by atoms with Gasteiger partial charge in [0.2, 0.25) is 0 Å². The van der Waals surface area contributed by atoms with E-state index in [0.29, 0.717) is 16.6 Å². The summed E-state index contributed by atoms with van der Waals surface area (Å²) in [6.45, 7) is 0. The van der Waals surface area contributed by atoms with Crippen LogP contribution in [0, 0.1) is 0 Å². The highest BCUT2D eigenvalue weighted by Gasteiger charge is 2.37. The molecule has 136 valence electrons. The van der Waals surface area contributed by atoms with Crippen LogP contribution in [0.25, 0.3) is 22.2 Å². The summed E-state index contributed by atoms with van der Waals surface area (Å²) in [6, 6.07) is 4.91. The van der Waals surface area contributed by atoms with Gasteiger partial charge in [-0.1, -0.05) is 6.07 Å². The lowest BCUT2D eigenvalue weighted by atomic mass is 10.0. The number of pyridine rings is 1. The predicted octanol–water partition coefficient (Wildman–Crippen LogP) is 3.92. The van der Waals surface area contributed by atoms with Gasteiger partial charge in [0.1, 0.15) is 0 Å². The average molecular weight is 381 g/mol. The molecule has 1 fully saturated rings. The van der Waals surface area contributed by atoms with E-state index in [9.17, 15) is 21.6 Å². The normalized spacial score (nSPS) is 15.5. The Morgan fingerprint density at radius 3 is 2.54 bits per heavy atom. The molecule has 2 heterocycles. The second-order valence-electron chi connectivity index (χ2n) is 6.45. The topological polar surface area (TPSA) is 75.7 Å². The molecule has 2 aromatic heterocycles. The Kier molecular flexibility index (Phi) is 3.62. The predicted molar refractivity (Wildman–Crippen MR) is 89.4 cm³/mol. The lowest BCUT2D eigenvalue weighted by Crippen LogP contribution is -2.12. The zero-order valence-corrected chi connectivity index (χ0v) is 14.4. The molecule has 0 spiro atoms. The second-order valence-corrected chi connectivity index (χ2v) is 8.43. The van der Waals surface area contributed by atoms with E-state index in [4.69, 9.17) is 0 Å². The number of fused-ring (bicyclic) bond motifs is 1. The molecule has 9 heteroatoms. The maximum atomic E-state index is 13.4. The molecule has 0 aliphatic heterocycles. The summed E-state index contributed by atoms with van der Waals surface area (Å²) in [5, 5.41) is 7.87. The molecule has 26 heavy (non-hydrogen) atoms. The fourth-order valence-electron chi connectivity index (χ4n) is 3.08. The van der Waals surface area contributed by atoms with E-state index in [0.717, 1.165) is 36.9 Å². The van der Waals surface area contributed by atoms with Crippen molar-refractivity contribution < 1.29 is 21.6 Å². The summed E-state index contributed by atoms with van der Waals surface area (Å²) < 4.78 is 63.8. The standard InChI is InChI=1S/C17H14F3N3O2S/c1-26(24,25)13-5-4-10(8-11(13)17(18,19)20)15-14-12(6-7-21-15)22-23-16(14)9-2-3-9/h4-9H,2-3H2,1H3,(H,22,23).